The molecule has 0 bridgehead atoms. The summed E-state index contributed by atoms with van der Waals surface area (Å²) in [6.07, 6.45) is 4.42. The minimum absolute atomic E-state index is 0.0404. The van der Waals surface area contributed by atoms with Crippen molar-refractivity contribution >= 4 is 40.2 Å². The fourth-order valence-electron chi connectivity index (χ4n) is 6.35. The Labute approximate surface area is 244 Å². The molecule has 222 valence electrons. The summed E-state index contributed by atoms with van der Waals surface area (Å²) < 4.78 is 14.4. The lowest BCUT2D eigenvalue weighted by Crippen LogP contribution is -2.37. The quantitative estimate of drug-likeness (QED) is 0.286. The summed E-state index contributed by atoms with van der Waals surface area (Å²) in [4.78, 5) is 65.4. The lowest BCUT2D eigenvalue weighted by atomic mass is 10.1. The van der Waals surface area contributed by atoms with Crippen molar-refractivity contribution in [1.82, 2.24) is 27.4 Å². The molecule has 0 saturated heterocycles. The van der Waals surface area contributed by atoms with Gasteiger partial charge in [0.25, 0.3) is 11.1 Å². The molecule has 4 heterocycles. The first-order chi connectivity index (χ1) is 20.5. The highest BCUT2D eigenvalue weighted by molar-refractivity contribution is 5.98. The maximum atomic E-state index is 13.7. The van der Waals surface area contributed by atoms with Gasteiger partial charge in [-0.25, -0.2) is 9.59 Å². The van der Waals surface area contributed by atoms with E-state index in [0.717, 1.165) is 26.2 Å². The Hall–Kier alpha value is -5.13. The summed E-state index contributed by atoms with van der Waals surface area (Å²) in [7, 11) is 6.16. The SMILES string of the molecule is CC[C@H](COC(C)=O)n1c2c(c3c(=O)n(C)c(=O)n(C)c31)C=Cc1c(n(-c3ccccc3)c3c1c(=O)n(C)c(=O)n3C)C2. The average Bonchev–Trinajstić information content (AvgIpc) is 3.42. The van der Waals surface area contributed by atoms with E-state index in [1.165, 1.54) is 30.2 Å². The van der Waals surface area contributed by atoms with E-state index in [-0.39, 0.29) is 13.0 Å². The third kappa shape index (κ3) is 3.93. The Morgan fingerprint density at radius 3 is 1.88 bits per heavy atom. The standard InChI is InChI=1S/C31H32N6O6/c1-7-18(16-43-17(2)38)36-22-15-23-21(14-13-20(22)24-26(36)32(3)30(41)34(5)28(24)39)25-27(33(4)31(42)35(6)29(25)40)37(23)19-11-9-8-10-12-19/h8-14,18H,7,15-16H2,1-6H3/t18-/m1/s1. The van der Waals surface area contributed by atoms with Crippen LogP contribution in [0.5, 0.6) is 0 Å². The molecule has 43 heavy (non-hydrogen) atoms. The molecule has 1 aliphatic rings. The highest BCUT2D eigenvalue weighted by atomic mass is 16.5. The molecule has 4 aromatic heterocycles. The molecule has 6 rings (SSSR count). The van der Waals surface area contributed by atoms with Crippen LogP contribution in [0, 0.1) is 0 Å². The third-order valence-corrected chi connectivity index (χ3v) is 8.51. The third-order valence-electron chi connectivity index (χ3n) is 8.51. The number of hydrogen-bond donors (Lipinski definition) is 0. The maximum absolute atomic E-state index is 13.7. The van der Waals surface area contributed by atoms with Crippen LogP contribution in [0.4, 0.5) is 0 Å². The molecule has 1 aromatic carbocycles. The number of hydrogen-bond acceptors (Lipinski definition) is 6. The zero-order valence-electron chi connectivity index (χ0n) is 24.9. The molecule has 1 atom stereocenters. The molecule has 12 nitrogen and oxygen atoms in total. The molecule has 0 unspecified atom stereocenters. The summed E-state index contributed by atoms with van der Waals surface area (Å²) in [5.74, 6) is -0.436. The van der Waals surface area contributed by atoms with Gasteiger partial charge in [-0.1, -0.05) is 37.3 Å². The molecule has 0 fully saturated rings. The Morgan fingerprint density at radius 1 is 0.791 bits per heavy atom. The second-order valence-corrected chi connectivity index (χ2v) is 10.9. The lowest BCUT2D eigenvalue weighted by Gasteiger charge is -2.23. The van der Waals surface area contributed by atoms with Gasteiger partial charge in [0.15, 0.2) is 0 Å². The summed E-state index contributed by atoms with van der Waals surface area (Å²) in [6, 6.07) is 9.07. The summed E-state index contributed by atoms with van der Waals surface area (Å²) in [6.45, 7) is 3.33. The first-order valence-electron chi connectivity index (χ1n) is 14.0. The van der Waals surface area contributed by atoms with E-state index in [4.69, 9.17) is 4.74 Å². The molecule has 0 aliphatic heterocycles. The molecule has 0 amide bonds. The van der Waals surface area contributed by atoms with E-state index in [1.807, 2.05) is 58.5 Å². The summed E-state index contributed by atoms with van der Waals surface area (Å²) in [5.41, 5.74) is 2.57. The molecule has 0 saturated carbocycles. The van der Waals surface area contributed by atoms with E-state index < -0.39 is 34.5 Å². The summed E-state index contributed by atoms with van der Waals surface area (Å²) >= 11 is 0. The van der Waals surface area contributed by atoms with Gasteiger partial charge in [0.05, 0.1) is 16.8 Å². The zero-order valence-corrected chi connectivity index (χ0v) is 24.9. The molecule has 1 aliphatic carbocycles. The molecular weight excluding hydrogens is 552 g/mol. The van der Waals surface area contributed by atoms with Crippen LogP contribution in [0.1, 0.15) is 48.8 Å². The van der Waals surface area contributed by atoms with E-state index in [1.54, 1.807) is 14.1 Å². The van der Waals surface area contributed by atoms with Crippen LogP contribution < -0.4 is 22.5 Å². The summed E-state index contributed by atoms with van der Waals surface area (Å²) in [5, 5.41) is 0.742. The number of carbonyl (C=O) groups excluding carboxylic acids is 1. The number of rotatable bonds is 5. The van der Waals surface area contributed by atoms with E-state index in [0.29, 0.717) is 39.6 Å². The van der Waals surface area contributed by atoms with Gasteiger partial charge >= 0.3 is 17.3 Å². The number of aromatic nitrogens is 6. The van der Waals surface area contributed by atoms with Crippen LogP contribution in [0.25, 0.3) is 39.9 Å². The van der Waals surface area contributed by atoms with Crippen LogP contribution in [0.2, 0.25) is 0 Å². The zero-order chi connectivity index (χ0) is 30.9. The minimum atomic E-state index is -0.477. The van der Waals surface area contributed by atoms with Crippen molar-refractivity contribution < 1.29 is 9.53 Å². The fraction of sp³-hybridized carbons (Fsp3) is 0.323. The first-order valence-corrected chi connectivity index (χ1v) is 14.0. The van der Waals surface area contributed by atoms with Crippen molar-refractivity contribution in [2.45, 2.75) is 32.7 Å². The molecule has 12 heteroatoms. The average molecular weight is 585 g/mol. The Balaban J connectivity index is 1.79. The van der Waals surface area contributed by atoms with E-state index in [2.05, 4.69) is 0 Å². The van der Waals surface area contributed by atoms with Crippen molar-refractivity contribution in [2.24, 2.45) is 28.2 Å². The van der Waals surface area contributed by atoms with Gasteiger partial charge in [0.2, 0.25) is 0 Å². The maximum Gasteiger partial charge on any atom is 0.332 e. The fourth-order valence-corrected chi connectivity index (χ4v) is 6.35. The van der Waals surface area contributed by atoms with Gasteiger partial charge in [0, 0.05) is 69.7 Å². The largest absolute Gasteiger partial charge is 0.464 e. The minimum Gasteiger partial charge on any atom is -0.464 e. The van der Waals surface area contributed by atoms with Crippen LogP contribution in [0.15, 0.2) is 49.5 Å². The monoisotopic (exact) mass is 584 g/mol. The molecular formula is C31H32N6O6. The first kappa shape index (κ1) is 28.0. The van der Waals surface area contributed by atoms with Gasteiger partial charge in [-0.3, -0.25) is 37.2 Å². The number of fused-ring (bicyclic) bond motifs is 6. The van der Waals surface area contributed by atoms with E-state index in [9.17, 15) is 24.0 Å². The number of aryl methyl sites for hydroxylation is 2. The number of benzene rings is 1. The normalized spacial score (nSPS) is 13.3. The van der Waals surface area contributed by atoms with Gasteiger partial charge in [-0.15, -0.1) is 0 Å². The molecule has 0 N–H and O–H groups in total. The number of ether oxygens (including phenoxy) is 1. The van der Waals surface area contributed by atoms with E-state index >= 15 is 0 Å². The number of carbonyl (C=O) groups is 1. The van der Waals surface area contributed by atoms with Gasteiger partial charge < -0.3 is 9.30 Å². The highest BCUT2D eigenvalue weighted by Gasteiger charge is 2.32. The number of para-hydroxylation sites is 1. The molecule has 0 radical (unpaired) electrons. The van der Waals surface area contributed by atoms with Crippen molar-refractivity contribution in [3.63, 3.8) is 0 Å². The van der Waals surface area contributed by atoms with Crippen LogP contribution in [-0.2, 0) is 44.1 Å². The Bertz CT molecular complexity index is 2250. The topological polar surface area (TPSA) is 124 Å². The van der Waals surface area contributed by atoms with Crippen LogP contribution >= 0.6 is 0 Å². The van der Waals surface area contributed by atoms with Crippen molar-refractivity contribution in [1.29, 1.82) is 0 Å². The highest BCUT2D eigenvalue weighted by Crippen LogP contribution is 2.38. The van der Waals surface area contributed by atoms with Crippen molar-refractivity contribution in [3.05, 3.63) is 94.5 Å². The predicted molar refractivity (Wildman–Crippen MR) is 164 cm³/mol. The van der Waals surface area contributed by atoms with Crippen molar-refractivity contribution in [3.8, 4) is 5.69 Å². The number of esters is 1. The van der Waals surface area contributed by atoms with Gasteiger partial charge in [0.1, 0.15) is 17.9 Å². The Kier molecular flexibility index (Phi) is 6.52. The van der Waals surface area contributed by atoms with Gasteiger partial charge in [-0.2, -0.15) is 0 Å². The van der Waals surface area contributed by atoms with Crippen LogP contribution in [0.3, 0.4) is 0 Å². The Morgan fingerprint density at radius 2 is 1.33 bits per heavy atom. The lowest BCUT2D eigenvalue weighted by molar-refractivity contribution is -0.142. The van der Waals surface area contributed by atoms with Crippen molar-refractivity contribution in [2.75, 3.05) is 6.61 Å². The second-order valence-electron chi connectivity index (χ2n) is 10.9. The second kappa shape index (κ2) is 10.0. The smallest absolute Gasteiger partial charge is 0.332 e. The molecule has 5 aromatic rings. The van der Waals surface area contributed by atoms with Gasteiger partial charge in [-0.05, 0) is 18.6 Å². The predicted octanol–water partition coefficient (Wildman–Crippen LogP) is 1.97. The number of nitrogens with zero attached hydrogens (tertiary/aromatic N) is 6. The van der Waals surface area contributed by atoms with Crippen LogP contribution in [-0.4, -0.2) is 40.0 Å². The molecule has 0 spiro atoms.